The Morgan fingerprint density at radius 1 is 0.481 bits per heavy atom. The summed E-state index contributed by atoms with van der Waals surface area (Å²) in [5.74, 6) is 1.64. The fourth-order valence-corrected chi connectivity index (χ4v) is 7.05. The number of nitrogens with zero attached hydrogens (tertiary/aromatic N) is 5. The smallest absolute Gasteiger partial charge is 0.159 e. The fraction of sp³-hybridized carbons (Fsp3) is 0.0638. The van der Waals surface area contributed by atoms with E-state index in [9.17, 15) is 0 Å². The van der Waals surface area contributed by atoms with Gasteiger partial charge in [0.25, 0.3) is 0 Å². The zero-order chi connectivity index (χ0) is 35.0. The summed E-state index contributed by atoms with van der Waals surface area (Å²) in [7, 11) is 2.07. The van der Waals surface area contributed by atoms with E-state index in [0.29, 0.717) is 0 Å². The van der Waals surface area contributed by atoms with E-state index < -0.39 is 0 Å². The van der Waals surface area contributed by atoms with E-state index in [-0.39, 0.29) is 6.17 Å². The maximum Gasteiger partial charge on any atom is 0.159 e. The summed E-state index contributed by atoms with van der Waals surface area (Å²) in [4.78, 5) is 22.6. The minimum absolute atomic E-state index is 0.212. The van der Waals surface area contributed by atoms with Gasteiger partial charge in [0, 0.05) is 40.1 Å². The largest absolute Gasteiger partial charge is 0.333 e. The van der Waals surface area contributed by atoms with Crippen LogP contribution in [-0.2, 0) is 0 Å². The van der Waals surface area contributed by atoms with Crippen molar-refractivity contribution in [3.05, 3.63) is 192 Å². The van der Waals surface area contributed by atoms with E-state index in [1.165, 1.54) is 5.56 Å². The summed E-state index contributed by atoms with van der Waals surface area (Å²) in [5.41, 5.74) is 12.5. The van der Waals surface area contributed by atoms with Gasteiger partial charge in [-0.3, -0.25) is 0 Å². The predicted molar refractivity (Wildman–Crippen MR) is 215 cm³/mol. The average Bonchev–Trinajstić information content (AvgIpc) is 3.22. The van der Waals surface area contributed by atoms with Gasteiger partial charge in [-0.1, -0.05) is 158 Å². The first-order valence-corrected chi connectivity index (χ1v) is 17.6. The lowest BCUT2D eigenvalue weighted by Crippen LogP contribution is -2.35. The van der Waals surface area contributed by atoms with Gasteiger partial charge in [-0.2, -0.15) is 0 Å². The molecule has 52 heavy (non-hydrogen) atoms. The number of aromatic nitrogens is 2. The highest BCUT2D eigenvalue weighted by Gasteiger charge is 2.26. The maximum absolute atomic E-state index is 5.21. The van der Waals surface area contributed by atoms with Crippen molar-refractivity contribution in [1.82, 2.24) is 14.9 Å². The van der Waals surface area contributed by atoms with Gasteiger partial charge in [-0.25, -0.2) is 20.0 Å². The molecule has 0 N–H and O–H groups in total. The van der Waals surface area contributed by atoms with E-state index in [0.717, 1.165) is 83.8 Å². The van der Waals surface area contributed by atoms with Gasteiger partial charge in [0.05, 0.1) is 22.4 Å². The molecule has 3 heterocycles. The number of hydrogen-bond donors (Lipinski definition) is 0. The number of amidine groups is 2. The van der Waals surface area contributed by atoms with Gasteiger partial charge in [0.1, 0.15) is 12.0 Å². The van der Waals surface area contributed by atoms with E-state index in [2.05, 4.69) is 134 Å². The maximum atomic E-state index is 5.21. The van der Waals surface area contributed by atoms with Crippen molar-refractivity contribution >= 4 is 33.5 Å². The minimum atomic E-state index is -0.212. The molecule has 0 saturated heterocycles. The van der Waals surface area contributed by atoms with E-state index in [1.54, 1.807) is 0 Å². The van der Waals surface area contributed by atoms with Crippen LogP contribution in [0.15, 0.2) is 180 Å². The van der Waals surface area contributed by atoms with Crippen LogP contribution in [0.5, 0.6) is 0 Å². The standard InChI is InChI=1S/C47H35N5/c1-31-30-42(49-44-40(31)28-26-36-27-29-41(48-43(36)44)34-12-6-3-7-13-34)35-22-18-32(19-23-35)33-20-24-39(25-21-33)47-51-45(37-14-8-4-9-15-37)50-46(52(47)2)38-16-10-5-11-17-38/h3-30,47H,1-2H3. The Balaban J connectivity index is 1.02. The van der Waals surface area contributed by atoms with Gasteiger partial charge in [0.2, 0.25) is 0 Å². The highest BCUT2D eigenvalue weighted by molar-refractivity contribution is 6.13. The second-order valence-corrected chi connectivity index (χ2v) is 13.2. The van der Waals surface area contributed by atoms with Crippen LogP contribution < -0.4 is 0 Å². The molecule has 5 nitrogen and oxygen atoms in total. The molecule has 1 unspecified atom stereocenters. The summed E-state index contributed by atoms with van der Waals surface area (Å²) in [5, 5.41) is 2.21. The third-order valence-corrected chi connectivity index (χ3v) is 9.86. The first kappa shape index (κ1) is 31.3. The molecule has 248 valence electrons. The zero-order valence-electron chi connectivity index (χ0n) is 29.0. The lowest BCUT2D eigenvalue weighted by atomic mass is 9.99. The zero-order valence-corrected chi connectivity index (χ0v) is 29.0. The first-order chi connectivity index (χ1) is 25.6. The van der Waals surface area contributed by atoms with Crippen molar-refractivity contribution in [2.24, 2.45) is 9.98 Å². The molecular formula is C47H35N5. The van der Waals surface area contributed by atoms with Crippen LogP contribution in [0.4, 0.5) is 0 Å². The summed E-state index contributed by atoms with van der Waals surface area (Å²) in [6, 6.07) is 59.0. The molecule has 0 bridgehead atoms. The SMILES string of the molecule is Cc1cc(-c2ccc(-c3ccc(C4N=C(c5ccccc5)N=C(c5ccccc5)N4C)cc3)cc2)nc2c1ccc1ccc(-c3ccccc3)nc12. The number of aryl methyl sites for hydroxylation is 1. The second-order valence-electron chi connectivity index (χ2n) is 13.2. The lowest BCUT2D eigenvalue weighted by Gasteiger charge is -2.32. The lowest BCUT2D eigenvalue weighted by molar-refractivity contribution is 0.383. The van der Waals surface area contributed by atoms with Crippen LogP contribution >= 0.6 is 0 Å². The molecule has 0 fully saturated rings. The van der Waals surface area contributed by atoms with Crippen molar-refractivity contribution in [3.8, 4) is 33.6 Å². The van der Waals surface area contributed by atoms with Crippen LogP contribution in [0.3, 0.4) is 0 Å². The Kier molecular flexibility index (Phi) is 7.94. The van der Waals surface area contributed by atoms with Crippen molar-refractivity contribution in [2.75, 3.05) is 7.05 Å². The number of aliphatic imine (C=N–C) groups is 2. The third kappa shape index (κ3) is 5.82. The van der Waals surface area contributed by atoms with Crippen molar-refractivity contribution in [1.29, 1.82) is 0 Å². The summed E-state index contributed by atoms with van der Waals surface area (Å²) in [6.07, 6.45) is -0.212. The van der Waals surface area contributed by atoms with Gasteiger partial charge in [-0.15, -0.1) is 0 Å². The van der Waals surface area contributed by atoms with Gasteiger partial charge < -0.3 is 4.90 Å². The minimum Gasteiger partial charge on any atom is -0.333 e. The Morgan fingerprint density at radius 3 is 1.69 bits per heavy atom. The van der Waals surface area contributed by atoms with Crippen molar-refractivity contribution < 1.29 is 0 Å². The van der Waals surface area contributed by atoms with Crippen molar-refractivity contribution in [3.63, 3.8) is 0 Å². The molecule has 0 radical (unpaired) electrons. The number of fused-ring (bicyclic) bond motifs is 3. The van der Waals surface area contributed by atoms with Crippen LogP contribution in [-0.4, -0.2) is 33.6 Å². The first-order valence-electron chi connectivity index (χ1n) is 17.6. The molecule has 0 aliphatic carbocycles. The molecule has 1 atom stereocenters. The second kappa shape index (κ2) is 13.2. The molecule has 1 aliphatic rings. The van der Waals surface area contributed by atoms with E-state index >= 15 is 0 Å². The molecule has 2 aromatic heterocycles. The monoisotopic (exact) mass is 669 g/mol. The number of pyridine rings is 2. The molecule has 0 spiro atoms. The van der Waals surface area contributed by atoms with Crippen LogP contribution in [0.2, 0.25) is 0 Å². The summed E-state index contributed by atoms with van der Waals surface area (Å²) >= 11 is 0. The highest BCUT2D eigenvalue weighted by atomic mass is 15.3. The molecule has 0 saturated carbocycles. The topological polar surface area (TPSA) is 53.7 Å². The molecule has 6 aromatic carbocycles. The number of benzene rings is 6. The highest BCUT2D eigenvalue weighted by Crippen LogP contribution is 2.33. The van der Waals surface area contributed by atoms with Crippen LogP contribution in [0.25, 0.3) is 55.4 Å². The summed E-state index contributed by atoms with van der Waals surface area (Å²) in [6.45, 7) is 2.15. The molecule has 8 aromatic rings. The predicted octanol–water partition coefficient (Wildman–Crippen LogP) is 10.9. The molecule has 5 heteroatoms. The normalized spacial score (nSPS) is 14.3. The quantitative estimate of drug-likeness (QED) is 0.166. The summed E-state index contributed by atoms with van der Waals surface area (Å²) < 4.78 is 0. The van der Waals surface area contributed by atoms with Gasteiger partial charge in [-0.05, 0) is 41.3 Å². The van der Waals surface area contributed by atoms with Crippen molar-refractivity contribution in [2.45, 2.75) is 13.1 Å². The number of hydrogen-bond acceptors (Lipinski definition) is 5. The Bertz CT molecular complexity index is 2610. The van der Waals surface area contributed by atoms with Crippen LogP contribution in [0, 0.1) is 6.92 Å². The van der Waals surface area contributed by atoms with E-state index in [4.69, 9.17) is 20.0 Å². The molecule has 1 aliphatic heterocycles. The Morgan fingerprint density at radius 2 is 1.02 bits per heavy atom. The molecule has 9 rings (SSSR count). The number of rotatable bonds is 6. The molecule has 0 amide bonds. The van der Waals surface area contributed by atoms with Gasteiger partial charge >= 0.3 is 0 Å². The van der Waals surface area contributed by atoms with Crippen LogP contribution in [0.1, 0.15) is 28.4 Å². The average molecular weight is 670 g/mol. The fourth-order valence-electron chi connectivity index (χ4n) is 7.05. The van der Waals surface area contributed by atoms with Gasteiger partial charge in [0.15, 0.2) is 5.84 Å². The molecular weight excluding hydrogens is 635 g/mol. The Labute approximate surface area is 303 Å². The third-order valence-electron chi connectivity index (χ3n) is 9.86. The van der Waals surface area contributed by atoms with E-state index in [1.807, 2.05) is 54.6 Å². The Hall–Kier alpha value is -6.72.